The topological polar surface area (TPSA) is 71.7 Å². The Bertz CT molecular complexity index is 853. The van der Waals surface area contributed by atoms with Crippen LogP contribution in [0.5, 0.6) is 0 Å². The number of alkyl halides is 3. The Morgan fingerprint density at radius 1 is 1.17 bits per heavy atom. The van der Waals surface area contributed by atoms with Crippen molar-refractivity contribution in [3.05, 3.63) is 35.7 Å². The minimum Gasteiger partial charge on any atom is -0.444 e. The summed E-state index contributed by atoms with van der Waals surface area (Å²) < 4.78 is 49.2. The van der Waals surface area contributed by atoms with Gasteiger partial charge in [-0.3, -0.25) is 4.90 Å². The number of aromatic nitrogens is 2. The van der Waals surface area contributed by atoms with E-state index in [1.807, 2.05) is 25.7 Å². The molecule has 10 heteroatoms. The molecule has 2 heterocycles. The maximum atomic E-state index is 12.9. The molecule has 0 atom stereocenters. The maximum Gasteiger partial charge on any atom is 0.416 e. The fourth-order valence-corrected chi connectivity index (χ4v) is 2.88. The van der Waals surface area contributed by atoms with Gasteiger partial charge in [0.1, 0.15) is 5.60 Å². The zero-order chi connectivity index (χ0) is 21.2. The summed E-state index contributed by atoms with van der Waals surface area (Å²) in [5.41, 5.74) is -1.07. The number of nitrogens with zero attached hydrogens (tertiary/aromatic N) is 4. The van der Waals surface area contributed by atoms with E-state index < -0.39 is 17.3 Å². The van der Waals surface area contributed by atoms with Crippen LogP contribution in [0.2, 0.25) is 0 Å². The molecule has 0 aliphatic carbocycles. The number of amides is 1. The van der Waals surface area contributed by atoms with E-state index in [4.69, 9.17) is 9.26 Å². The lowest BCUT2D eigenvalue weighted by Gasteiger charge is -2.34. The predicted molar refractivity (Wildman–Crippen MR) is 97.8 cm³/mol. The summed E-state index contributed by atoms with van der Waals surface area (Å²) >= 11 is 0. The monoisotopic (exact) mass is 412 g/mol. The van der Waals surface area contributed by atoms with E-state index in [2.05, 4.69) is 10.1 Å². The molecule has 29 heavy (non-hydrogen) atoms. The molecule has 1 aromatic carbocycles. The van der Waals surface area contributed by atoms with Crippen molar-refractivity contribution >= 4 is 6.09 Å². The third-order valence-electron chi connectivity index (χ3n) is 4.30. The smallest absolute Gasteiger partial charge is 0.416 e. The lowest BCUT2D eigenvalue weighted by Crippen LogP contribution is -2.49. The number of carbonyl (C=O) groups is 1. The normalized spacial score (nSPS) is 16.1. The van der Waals surface area contributed by atoms with Crippen molar-refractivity contribution in [1.29, 1.82) is 0 Å². The highest BCUT2D eigenvalue weighted by molar-refractivity contribution is 5.68. The van der Waals surface area contributed by atoms with E-state index in [0.29, 0.717) is 38.6 Å². The first-order valence-electron chi connectivity index (χ1n) is 9.22. The Morgan fingerprint density at radius 2 is 1.86 bits per heavy atom. The number of piperazine rings is 1. The number of hydrogen-bond donors (Lipinski definition) is 0. The summed E-state index contributed by atoms with van der Waals surface area (Å²) in [6.45, 7) is 8.01. The molecule has 1 aliphatic rings. The van der Waals surface area contributed by atoms with Gasteiger partial charge in [0.2, 0.25) is 11.7 Å². The van der Waals surface area contributed by atoms with Gasteiger partial charge in [-0.15, -0.1) is 0 Å². The highest BCUT2D eigenvalue weighted by Gasteiger charge is 2.31. The molecule has 1 saturated heterocycles. The third-order valence-corrected chi connectivity index (χ3v) is 4.30. The number of hydrogen-bond acceptors (Lipinski definition) is 6. The van der Waals surface area contributed by atoms with Gasteiger partial charge in [-0.05, 0) is 32.9 Å². The molecule has 2 aromatic rings. The highest BCUT2D eigenvalue weighted by Crippen LogP contribution is 2.31. The van der Waals surface area contributed by atoms with Crippen LogP contribution >= 0.6 is 0 Å². The lowest BCUT2D eigenvalue weighted by atomic mass is 10.1. The van der Waals surface area contributed by atoms with Gasteiger partial charge in [0, 0.05) is 31.7 Å². The summed E-state index contributed by atoms with van der Waals surface area (Å²) in [5.74, 6) is 0.418. The van der Waals surface area contributed by atoms with Crippen molar-refractivity contribution in [3.63, 3.8) is 0 Å². The second kappa shape index (κ2) is 8.02. The Balaban J connectivity index is 1.57. The van der Waals surface area contributed by atoms with Crippen molar-refractivity contribution < 1.29 is 27.2 Å². The van der Waals surface area contributed by atoms with Gasteiger partial charge in [0.15, 0.2) is 0 Å². The van der Waals surface area contributed by atoms with Crippen LogP contribution in [-0.4, -0.2) is 57.8 Å². The van der Waals surface area contributed by atoms with Gasteiger partial charge < -0.3 is 14.2 Å². The van der Waals surface area contributed by atoms with Crippen LogP contribution < -0.4 is 0 Å². The van der Waals surface area contributed by atoms with Gasteiger partial charge in [0.05, 0.1) is 12.1 Å². The molecule has 0 spiro atoms. The largest absolute Gasteiger partial charge is 0.444 e. The second-order valence-electron chi connectivity index (χ2n) is 7.83. The molecule has 0 radical (unpaired) electrons. The number of halogens is 3. The van der Waals surface area contributed by atoms with Crippen molar-refractivity contribution in [3.8, 4) is 11.4 Å². The lowest BCUT2D eigenvalue weighted by molar-refractivity contribution is -0.137. The first kappa shape index (κ1) is 21.1. The number of rotatable bonds is 3. The van der Waals surface area contributed by atoms with Crippen molar-refractivity contribution in [2.75, 3.05) is 26.2 Å². The number of benzene rings is 1. The van der Waals surface area contributed by atoms with Crippen molar-refractivity contribution in [2.45, 2.75) is 39.1 Å². The Kier molecular flexibility index (Phi) is 5.83. The molecule has 0 N–H and O–H groups in total. The molecule has 158 valence electrons. The second-order valence-corrected chi connectivity index (χ2v) is 7.83. The van der Waals surface area contributed by atoms with E-state index in [1.165, 1.54) is 12.1 Å². The Labute approximate surface area is 166 Å². The third kappa shape index (κ3) is 5.69. The molecule has 3 rings (SSSR count). The average molecular weight is 412 g/mol. The van der Waals surface area contributed by atoms with Crippen LogP contribution in [0.25, 0.3) is 11.4 Å². The van der Waals surface area contributed by atoms with E-state index in [0.717, 1.165) is 12.1 Å². The minimum absolute atomic E-state index is 0.110. The SMILES string of the molecule is CC(C)(C)OC(=O)N1CCN(Cc2nc(-c3cccc(C(F)(F)F)c3)no2)CC1. The zero-order valence-electron chi connectivity index (χ0n) is 16.5. The molecule has 1 amide bonds. The van der Waals surface area contributed by atoms with Gasteiger partial charge in [-0.25, -0.2) is 4.79 Å². The summed E-state index contributed by atoms with van der Waals surface area (Å²) in [6.07, 6.45) is -4.78. The number of ether oxygens (including phenoxy) is 1. The van der Waals surface area contributed by atoms with Gasteiger partial charge in [-0.2, -0.15) is 18.2 Å². The summed E-state index contributed by atoms with van der Waals surface area (Å²) in [4.78, 5) is 20.0. The molecule has 0 bridgehead atoms. The average Bonchev–Trinajstić information content (AvgIpc) is 3.09. The summed E-state index contributed by atoms with van der Waals surface area (Å²) in [5, 5.41) is 3.79. The first-order valence-corrected chi connectivity index (χ1v) is 9.22. The summed E-state index contributed by atoms with van der Waals surface area (Å²) in [7, 11) is 0. The van der Waals surface area contributed by atoms with Crippen LogP contribution in [0.4, 0.5) is 18.0 Å². The van der Waals surface area contributed by atoms with E-state index in [9.17, 15) is 18.0 Å². The molecule has 0 unspecified atom stereocenters. The fraction of sp³-hybridized carbons (Fsp3) is 0.526. The van der Waals surface area contributed by atoms with E-state index >= 15 is 0 Å². The Morgan fingerprint density at radius 3 is 2.48 bits per heavy atom. The maximum absolute atomic E-state index is 12.9. The van der Waals surface area contributed by atoms with Gasteiger partial charge in [-0.1, -0.05) is 17.3 Å². The van der Waals surface area contributed by atoms with Crippen LogP contribution in [0.1, 0.15) is 32.2 Å². The molecule has 1 aromatic heterocycles. The quantitative estimate of drug-likeness (QED) is 0.764. The molecular weight excluding hydrogens is 389 g/mol. The van der Waals surface area contributed by atoms with E-state index in [1.54, 1.807) is 4.90 Å². The zero-order valence-corrected chi connectivity index (χ0v) is 16.5. The van der Waals surface area contributed by atoms with Crippen molar-refractivity contribution in [2.24, 2.45) is 0 Å². The molecule has 1 aliphatic heterocycles. The molecule has 7 nitrogen and oxygen atoms in total. The predicted octanol–water partition coefficient (Wildman–Crippen LogP) is 3.81. The van der Waals surface area contributed by atoms with E-state index in [-0.39, 0.29) is 17.5 Å². The van der Waals surface area contributed by atoms with Gasteiger partial charge >= 0.3 is 12.3 Å². The Hall–Kier alpha value is -2.62. The fourth-order valence-electron chi connectivity index (χ4n) is 2.88. The van der Waals surface area contributed by atoms with Crippen LogP contribution in [0, 0.1) is 0 Å². The van der Waals surface area contributed by atoms with Crippen LogP contribution in [-0.2, 0) is 17.5 Å². The van der Waals surface area contributed by atoms with Crippen molar-refractivity contribution in [1.82, 2.24) is 19.9 Å². The van der Waals surface area contributed by atoms with Crippen LogP contribution in [0.15, 0.2) is 28.8 Å². The molecule has 1 fully saturated rings. The molecular formula is C19H23F3N4O3. The van der Waals surface area contributed by atoms with Gasteiger partial charge in [0.25, 0.3) is 0 Å². The molecule has 0 saturated carbocycles. The standard InChI is InChI=1S/C19H23F3N4O3/c1-18(2,3)28-17(27)26-9-7-25(8-10-26)12-15-23-16(24-29-15)13-5-4-6-14(11-13)19(20,21)22/h4-6,11H,7-10,12H2,1-3H3. The number of carbonyl (C=O) groups excluding carboxylic acids is 1. The summed E-state index contributed by atoms with van der Waals surface area (Å²) in [6, 6.07) is 4.80. The van der Waals surface area contributed by atoms with Crippen LogP contribution in [0.3, 0.4) is 0 Å². The highest BCUT2D eigenvalue weighted by atomic mass is 19.4. The first-order chi connectivity index (χ1) is 13.5. The minimum atomic E-state index is -4.43.